The second-order valence-corrected chi connectivity index (χ2v) is 4.59. The molecule has 0 aromatic heterocycles. The second-order valence-electron chi connectivity index (χ2n) is 4.19. The Morgan fingerprint density at radius 1 is 1.38 bits per heavy atom. The van der Waals surface area contributed by atoms with Crippen molar-refractivity contribution >= 4 is 28.9 Å². The number of hydrogen-bond donors (Lipinski definition) is 2. The van der Waals surface area contributed by atoms with Gasteiger partial charge in [-0.3, -0.25) is 4.79 Å². The summed E-state index contributed by atoms with van der Waals surface area (Å²) in [6.45, 7) is 0. The molecule has 106 valence electrons. The van der Waals surface area contributed by atoms with Gasteiger partial charge >= 0.3 is 0 Å². The van der Waals surface area contributed by atoms with Crippen molar-refractivity contribution in [3.63, 3.8) is 0 Å². The molecule has 5 nitrogen and oxygen atoms in total. The largest absolute Gasteiger partial charge is 0.496 e. The van der Waals surface area contributed by atoms with Crippen LogP contribution in [0, 0.1) is 11.3 Å². The predicted molar refractivity (Wildman–Crippen MR) is 81.5 cm³/mol. The summed E-state index contributed by atoms with van der Waals surface area (Å²) < 4.78 is 5.14. The Balaban J connectivity index is 2.31. The SMILES string of the molecule is COc1cccc(N)c1C(=O)Nc1ccc(C#N)c(Cl)c1. The molecule has 6 heteroatoms. The van der Waals surface area contributed by atoms with Crippen molar-refractivity contribution in [2.75, 3.05) is 18.2 Å². The normalized spacial score (nSPS) is 9.76. The third kappa shape index (κ3) is 3.07. The van der Waals surface area contributed by atoms with E-state index in [0.29, 0.717) is 22.7 Å². The standard InChI is InChI=1S/C15H12ClN3O2/c1-21-13-4-2-3-12(18)14(13)15(20)19-10-6-5-9(8-17)11(16)7-10/h2-7H,18H2,1H3,(H,19,20). The van der Waals surface area contributed by atoms with Crippen LogP contribution < -0.4 is 15.8 Å². The maximum atomic E-state index is 12.3. The van der Waals surface area contributed by atoms with Gasteiger partial charge in [-0.25, -0.2) is 0 Å². The fourth-order valence-electron chi connectivity index (χ4n) is 1.84. The number of hydrogen-bond acceptors (Lipinski definition) is 4. The second kappa shape index (κ2) is 6.16. The summed E-state index contributed by atoms with van der Waals surface area (Å²) in [5, 5.41) is 11.8. The van der Waals surface area contributed by atoms with Gasteiger partial charge in [-0.1, -0.05) is 17.7 Å². The van der Waals surface area contributed by atoms with Crippen molar-refractivity contribution in [1.82, 2.24) is 0 Å². The topological polar surface area (TPSA) is 88.1 Å². The summed E-state index contributed by atoms with van der Waals surface area (Å²) in [6.07, 6.45) is 0. The summed E-state index contributed by atoms with van der Waals surface area (Å²) in [4.78, 5) is 12.3. The minimum absolute atomic E-state index is 0.250. The number of benzene rings is 2. The van der Waals surface area contributed by atoms with Gasteiger partial charge in [-0.2, -0.15) is 5.26 Å². The fourth-order valence-corrected chi connectivity index (χ4v) is 2.06. The molecule has 0 heterocycles. The van der Waals surface area contributed by atoms with Crippen LogP contribution in [0.25, 0.3) is 0 Å². The molecule has 0 saturated heterocycles. The summed E-state index contributed by atoms with van der Waals surface area (Å²) in [7, 11) is 1.46. The molecule has 0 bridgehead atoms. The fraction of sp³-hybridized carbons (Fsp3) is 0.0667. The molecule has 21 heavy (non-hydrogen) atoms. The average molecular weight is 302 g/mol. The number of nitrogens with zero attached hydrogens (tertiary/aromatic N) is 1. The Hall–Kier alpha value is -2.71. The first-order chi connectivity index (χ1) is 10.1. The van der Waals surface area contributed by atoms with Gasteiger partial charge in [0, 0.05) is 11.4 Å². The van der Waals surface area contributed by atoms with Gasteiger partial charge < -0.3 is 15.8 Å². The molecule has 0 spiro atoms. The Morgan fingerprint density at radius 3 is 2.76 bits per heavy atom. The van der Waals surface area contributed by atoms with E-state index in [0.717, 1.165) is 0 Å². The molecule has 2 aromatic rings. The monoisotopic (exact) mass is 301 g/mol. The molecule has 3 N–H and O–H groups in total. The highest BCUT2D eigenvalue weighted by Gasteiger charge is 2.16. The maximum Gasteiger partial charge on any atom is 0.261 e. The number of nitrogen functional groups attached to an aromatic ring is 1. The van der Waals surface area contributed by atoms with Crippen molar-refractivity contribution in [2.24, 2.45) is 0 Å². The van der Waals surface area contributed by atoms with Crippen molar-refractivity contribution in [3.8, 4) is 11.8 Å². The number of carbonyl (C=O) groups excluding carboxylic acids is 1. The number of nitrogens with one attached hydrogen (secondary N) is 1. The predicted octanol–water partition coefficient (Wildman–Crippen LogP) is 3.05. The number of amides is 1. The number of carbonyl (C=O) groups is 1. The molecule has 0 radical (unpaired) electrons. The highest BCUT2D eigenvalue weighted by molar-refractivity contribution is 6.32. The number of nitrogens with two attached hydrogens (primary N) is 1. The minimum atomic E-state index is -0.411. The van der Waals surface area contributed by atoms with Crippen molar-refractivity contribution in [1.29, 1.82) is 5.26 Å². The van der Waals surface area contributed by atoms with Gasteiger partial charge in [-0.05, 0) is 30.3 Å². The molecule has 0 aliphatic carbocycles. The third-order valence-electron chi connectivity index (χ3n) is 2.85. The van der Waals surface area contributed by atoms with Crippen LogP contribution in [-0.2, 0) is 0 Å². The molecule has 0 atom stereocenters. The molecule has 0 fully saturated rings. The van der Waals surface area contributed by atoms with E-state index in [2.05, 4.69) is 5.32 Å². The Kier molecular flexibility index (Phi) is 4.31. The number of ether oxygens (including phenoxy) is 1. The first-order valence-corrected chi connectivity index (χ1v) is 6.38. The summed E-state index contributed by atoms with van der Waals surface area (Å²) >= 11 is 5.93. The van der Waals surface area contributed by atoms with Gasteiger partial charge in [0.2, 0.25) is 0 Å². The van der Waals surface area contributed by atoms with Crippen molar-refractivity contribution < 1.29 is 9.53 Å². The summed E-state index contributed by atoms with van der Waals surface area (Å²) in [6, 6.07) is 11.5. The van der Waals surface area contributed by atoms with E-state index in [4.69, 9.17) is 27.3 Å². The highest BCUT2D eigenvalue weighted by Crippen LogP contribution is 2.26. The van der Waals surface area contributed by atoms with E-state index in [9.17, 15) is 4.79 Å². The maximum absolute atomic E-state index is 12.3. The number of nitriles is 1. The Labute approximate surface area is 126 Å². The lowest BCUT2D eigenvalue weighted by atomic mass is 10.1. The van der Waals surface area contributed by atoms with E-state index in [-0.39, 0.29) is 10.6 Å². The van der Waals surface area contributed by atoms with Crippen LogP contribution >= 0.6 is 11.6 Å². The van der Waals surface area contributed by atoms with Crippen LogP contribution in [0.5, 0.6) is 5.75 Å². The molecule has 2 aromatic carbocycles. The van der Waals surface area contributed by atoms with Gasteiger partial charge in [0.05, 0.1) is 17.7 Å². The van der Waals surface area contributed by atoms with E-state index < -0.39 is 5.91 Å². The van der Waals surface area contributed by atoms with E-state index in [1.807, 2.05) is 6.07 Å². The number of methoxy groups -OCH3 is 1. The number of rotatable bonds is 3. The van der Waals surface area contributed by atoms with Gasteiger partial charge in [0.15, 0.2) is 0 Å². The Bertz CT molecular complexity index is 738. The van der Waals surface area contributed by atoms with Crippen molar-refractivity contribution in [2.45, 2.75) is 0 Å². The molecule has 1 amide bonds. The summed E-state index contributed by atoms with van der Waals surface area (Å²) in [5.74, 6) is -0.0297. The number of anilines is 2. The lowest BCUT2D eigenvalue weighted by Crippen LogP contribution is -2.15. The molecule has 0 aliphatic heterocycles. The van der Waals surface area contributed by atoms with E-state index >= 15 is 0 Å². The molecular formula is C15H12ClN3O2. The van der Waals surface area contributed by atoms with Crippen molar-refractivity contribution in [3.05, 3.63) is 52.5 Å². The van der Waals surface area contributed by atoms with Crippen LogP contribution in [0.15, 0.2) is 36.4 Å². The zero-order valence-electron chi connectivity index (χ0n) is 11.2. The lowest BCUT2D eigenvalue weighted by molar-refractivity contribution is 0.102. The average Bonchev–Trinajstić information content (AvgIpc) is 2.46. The van der Waals surface area contributed by atoms with Crippen LogP contribution in [0.1, 0.15) is 15.9 Å². The first-order valence-electron chi connectivity index (χ1n) is 6.00. The smallest absolute Gasteiger partial charge is 0.261 e. The third-order valence-corrected chi connectivity index (χ3v) is 3.17. The van der Waals surface area contributed by atoms with Crippen LogP contribution in [0.3, 0.4) is 0 Å². The zero-order chi connectivity index (χ0) is 15.4. The molecule has 0 aliphatic rings. The molecule has 0 saturated carbocycles. The van der Waals surface area contributed by atoms with Gasteiger partial charge in [0.1, 0.15) is 17.4 Å². The van der Waals surface area contributed by atoms with E-state index in [1.165, 1.54) is 19.2 Å². The molecule has 0 unspecified atom stereocenters. The minimum Gasteiger partial charge on any atom is -0.496 e. The van der Waals surface area contributed by atoms with Crippen LogP contribution in [0.4, 0.5) is 11.4 Å². The zero-order valence-corrected chi connectivity index (χ0v) is 11.9. The highest BCUT2D eigenvalue weighted by atomic mass is 35.5. The number of halogens is 1. The van der Waals surface area contributed by atoms with Gasteiger partial charge in [-0.15, -0.1) is 0 Å². The first kappa shape index (κ1) is 14.7. The van der Waals surface area contributed by atoms with Gasteiger partial charge in [0.25, 0.3) is 5.91 Å². The molecule has 2 rings (SSSR count). The van der Waals surface area contributed by atoms with E-state index in [1.54, 1.807) is 24.3 Å². The van der Waals surface area contributed by atoms with Crippen LogP contribution in [-0.4, -0.2) is 13.0 Å². The summed E-state index contributed by atoms with van der Waals surface area (Å²) in [5.41, 5.74) is 7.19. The quantitative estimate of drug-likeness (QED) is 0.853. The molecular weight excluding hydrogens is 290 g/mol. The Morgan fingerprint density at radius 2 is 2.14 bits per heavy atom. The lowest BCUT2D eigenvalue weighted by Gasteiger charge is -2.11. The van der Waals surface area contributed by atoms with Crippen LogP contribution in [0.2, 0.25) is 5.02 Å².